The lowest BCUT2D eigenvalue weighted by Gasteiger charge is -2.23. The van der Waals surface area contributed by atoms with E-state index >= 15 is 0 Å². The van der Waals surface area contributed by atoms with Crippen molar-refractivity contribution in [2.45, 2.75) is 38.8 Å². The van der Waals surface area contributed by atoms with E-state index in [-0.39, 0.29) is 12.6 Å². The standard InChI is InChI=1S/C18H23N7O/c1-12(2)25-11-21-14-9-20-17(8-15(14)25)22-16-5-6-19-18(23-16)24-7-3-4-13(24)10-26/h5-6,8-9,11-13,26H,3-4,7,10H2,1-2H3,(H,19,20,22,23). The number of pyridine rings is 1. The Bertz CT molecular complexity index is 907. The Hall–Kier alpha value is -2.74. The first-order valence-electron chi connectivity index (χ1n) is 8.96. The molecule has 1 unspecified atom stereocenters. The largest absolute Gasteiger partial charge is 0.394 e. The van der Waals surface area contributed by atoms with Gasteiger partial charge < -0.3 is 19.9 Å². The lowest BCUT2D eigenvalue weighted by atomic mass is 10.2. The van der Waals surface area contributed by atoms with Gasteiger partial charge in [-0.05, 0) is 32.8 Å². The minimum Gasteiger partial charge on any atom is -0.394 e. The first kappa shape index (κ1) is 16.7. The van der Waals surface area contributed by atoms with Gasteiger partial charge in [0.2, 0.25) is 5.95 Å². The number of imidazole rings is 1. The lowest BCUT2D eigenvalue weighted by molar-refractivity contribution is 0.265. The molecule has 4 rings (SSSR count). The van der Waals surface area contributed by atoms with Crippen molar-refractivity contribution in [3.63, 3.8) is 0 Å². The van der Waals surface area contributed by atoms with Crippen molar-refractivity contribution >= 4 is 28.6 Å². The smallest absolute Gasteiger partial charge is 0.227 e. The summed E-state index contributed by atoms with van der Waals surface area (Å²) in [6.45, 7) is 5.24. The summed E-state index contributed by atoms with van der Waals surface area (Å²) in [4.78, 5) is 19.9. The molecule has 0 bridgehead atoms. The van der Waals surface area contributed by atoms with E-state index in [2.05, 4.69) is 48.6 Å². The molecule has 2 N–H and O–H groups in total. The Morgan fingerprint density at radius 3 is 2.96 bits per heavy atom. The summed E-state index contributed by atoms with van der Waals surface area (Å²) in [6, 6.07) is 4.22. The lowest BCUT2D eigenvalue weighted by Crippen LogP contribution is -2.33. The van der Waals surface area contributed by atoms with Crippen LogP contribution < -0.4 is 10.2 Å². The van der Waals surface area contributed by atoms with Gasteiger partial charge in [-0.2, -0.15) is 4.98 Å². The maximum Gasteiger partial charge on any atom is 0.227 e. The Morgan fingerprint density at radius 2 is 2.15 bits per heavy atom. The Labute approximate surface area is 151 Å². The van der Waals surface area contributed by atoms with Gasteiger partial charge in [-0.1, -0.05) is 0 Å². The zero-order chi connectivity index (χ0) is 18.1. The van der Waals surface area contributed by atoms with Gasteiger partial charge in [0.15, 0.2) is 0 Å². The van der Waals surface area contributed by atoms with Crippen molar-refractivity contribution in [3.8, 4) is 0 Å². The molecule has 1 fully saturated rings. The Balaban J connectivity index is 1.60. The van der Waals surface area contributed by atoms with Gasteiger partial charge >= 0.3 is 0 Å². The van der Waals surface area contributed by atoms with Crippen LogP contribution in [-0.4, -0.2) is 48.8 Å². The molecule has 1 aliphatic rings. The number of hydrogen-bond donors (Lipinski definition) is 2. The van der Waals surface area contributed by atoms with Crippen LogP contribution in [0.2, 0.25) is 0 Å². The van der Waals surface area contributed by atoms with Crippen molar-refractivity contribution in [2.75, 3.05) is 23.4 Å². The van der Waals surface area contributed by atoms with Crippen LogP contribution in [0.3, 0.4) is 0 Å². The number of aliphatic hydroxyl groups is 1. The van der Waals surface area contributed by atoms with Crippen molar-refractivity contribution < 1.29 is 5.11 Å². The van der Waals surface area contributed by atoms with Crippen molar-refractivity contribution in [3.05, 3.63) is 30.9 Å². The molecule has 0 spiro atoms. The third kappa shape index (κ3) is 3.08. The fraction of sp³-hybridized carbons (Fsp3) is 0.444. The summed E-state index contributed by atoms with van der Waals surface area (Å²) in [5.74, 6) is 2.03. The van der Waals surface area contributed by atoms with E-state index in [0.717, 1.165) is 30.4 Å². The first-order valence-corrected chi connectivity index (χ1v) is 8.96. The van der Waals surface area contributed by atoms with Crippen LogP contribution >= 0.6 is 0 Å². The van der Waals surface area contributed by atoms with Gasteiger partial charge in [-0.25, -0.2) is 15.0 Å². The zero-order valence-electron chi connectivity index (χ0n) is 15.0. The van der Waals surface area contributed by atoms with E-state index in [1.54, 1.807) is 12.4 Å². The average Bonchev–Trinajstić information content (AvgIpc) is 3.28. The quantitative estimate of drug-likeness (QED) is 0.728. The highest BCUT2D eigenvalue weighted by Gasteiger charge is 2.26. The predicted octanol–water partition coefficient (Wildman–Crippen LogP) is 2.51. The number of nitrogens with zero attached hydrogens (tertiary/aromatic N) is 6. The monoisotopic (exact) mass is 353 g/mol. The third-order valence-corrected chi connectivity index (χ3v) is 4.76. The SMILES string of the molecule is CC(C)n1cnc2cnc(Nc3ccnc(N4CCCC4CO)n3)cc21. The third-order valence-electron chi connectivity index (χ3n) is 4.76. The first-order chi connectivity index (χ1) is 12.7. The van der Waals surface area contributed by atoms with E-state index in [4.69, 9.17) is 0 Å². The number of aromatic nitrogens is 5. The number of nitrogens with one attached hydrogen (secondary N) is 1. The van der Waals surface area contributed by atoms with Gasteiger partial charge in [0.25, 0.3) is 0 Å². The van der Waals surface area contributed by atoms with E-state index in [9.17, 15) is 5.11 Å². The maximum atomic E-state index is 9.52. The number of anilines is 3. The molecule has 3 aromatic heterocycles. The molecule has 0 aliphatic carbocycles. The van der Waals surface area contributed by atoms with Crippen molar-refractivity contribution in [1.82, 2.24) is 24.5 Å². The van der Waals surface area contributed by atoms with Gasteiger partial charge in [0.05, 0.1) is 30.7 Å². The molecular weight excluding hydrogens is 330 g/mol. The molecule has 26 heavy (non-hydrogen) atoms. The minimum atomic E-state index is 0.0973. The van der Waals surface area contributed by atoms with Gasteiger partial charge in [0.1, 0.15) is 17.2 Å². The fourth-order valence-electron chi connectivity index (χ4n) is 3.39. The average molecular weight is 353 g/mol. The van der Waals surface area contributed by atoms with Crippen LogP contribution in [0.25, 0.3) is 11.0 Å². The highest BCUT2D eigenvalue weighted by Crippen LogP contribution is 2.24. The Kier molecular flexibility index (Phi) is 4.42. The summed E-state index contributed by atoms with van der Waals surface area (Å²) in [5.41, 5.74) is 1.90. The number of aliphatic hydroxyl groups excluding tert-OH is 1. The summed E-state index contributed by atoms with van der Waals surface area (Å²) < 4.78 is 2.11. The van der Waals surface area contributed by atoms with Crippen LogP contribution in [0.4, 0.5) is 17.6 Å². The summed E-state index contributed by atoms with van der Waals surface area (Å²) >= 11 is 0. The number of hydrogen-bond acceptors (Lipinski definition) is 7. The van der Waals surface area contributed by atoms with E-state index < -0.39 is 0 Å². The molecule has 136 valence electrons. The number of rotatable bonds is 5. The molecule has 0 amide bonds. The molecule has 0 aromatic carbocycles. The fourth-order valence-corrected chi connectivity index (χ4v) is 3.39. The molecule has 1 saturated heterocycles. The predicted molar refractivity (Wildman–Crippen MR) is 101 cm³/mol. The molecule has 0 saturated carbocycles. The summed E-state index contributed by atoms with van der Waals surface area (Å²) in [5, 5.41) is 12.8. The molecule has 8 nitrogen and oxygen atoms in total. The second-order valence-corrected chi connectivity index (χ2v) is 6.84. The highest BCUT2D eigenvalue weighted by atomic mass is 16.3. The minimum absolute atomic E-state index is 0.0973. The zero-order valence-corrected chi connectivity index (χ0v) is 15.0. The van der Waals surface area contributed by atoms with E-state index in [0.29, 0.717) is 23.6 Å². The topological polar surface area (TPSA) is 92.0 Å². The normalized spacial score (nSPS) is 17.4. The molecule has 1 aliphatic heterocycles. The van der Waals surface area contributed by atoms with Gasteiger partial charge in [-0.3, -0.25) is 0 Å². The Morgan fingerprint density at radius 1 is 1.27 bits per heavy atom. The van der Waals surface area contributed by atoms with Gasteiger partial charge in [0, 0.05) is 24.8 Å². The highest BCUT2D eigenvalue weighted by molar-refractivity contribution is 5.78. The molecule has 8 heteroatoms. The molecule has 3 aromatic rings. The second-order valence-electron chi connectivity index (χ2n) is 6.84. The van der Waals surface area contributed by atoms with Crippen LogP contribution in [0, 0.1) is 0 Å². The summed E-state index contributed by atoms with van der Waals surface area (Å²) in [6.07, 6.45) is 7.35. The maximum absolute atomic E-state index is 9.52. The van der Waals surface area contributed by atoms with Crippen LogP contribution in [0.1, 0.15) is 32.7 Å². The second kappa shape index (κ2) is 6.87. The van der Waals surface area contributed by atoms with E-state index in [1.807, 2.05) is 18.5 Å². The molecule has 4 heterocycles. The van der Waals surface area contributed by atoms with Crippen LogP contribution in [0.15, 0.2) is 30.9 Å². The molecular formula is C18H23N7O. The van der Waals surface area contributed by atoms with Crippen LogP contribution in [-0.2, 0) is 0 Å². The molecule has 0 radical (unpaired) electrons. The van der Waals surface area contributed by atoms with Crippen LogP contribution in [0.5, 0.6) is 0 Å². The summed E-state index contributed by atoms with van der Waals surface area (Å²) in [7, 11) is 0. The number of fused-ring (bicyclic) bond motifs is 1. The van der Waals surface area contributed by atoms with Crippen molar-refractivity contribution in [2.24, 2.45) is 0 Å². The van der Waals surface area contributed by atoms with Crippen molar-refractivity contribution in [1.29, 1.82) is 0 Å². The molecule has 1 atom stereocenters. The van der Waals surface area contributed by atoms with E-state index in [1.165, 1.54) is 0 Å². The van der Waals surface area contributed by atoms with Gasteiger partial charge in [-0.15, -0.1) is 0 Å².